The fraction of sp³-hybridized carbons (Fsp3) is 0.471. The molecule has 0 aromatic heterocycles. The van der Waals surface area contributed by atoms with Gasteiger partial charge in [-0.1, -0.05) is 31.4 Å². The summed E-state index contributed by atoms with van der Waals surface area (Å²) in [7, 11) is 0. The molecule has 0 spiro atoms. The van der Waals surface area contributed by atoms with E-state index in [0.717, 1.165) is 38.2 Å². The van der Waals surface area contributed by atoms with Gasteiger partial charge in [0.2, 0.25) is 5.91 Å². The first-order chi connectivity index (χ1) is 11.1. The van der Waals surface area contributed by atoms with Gasteiger partial charge in [-0.15, -0.1) is 0 Å². The second kappa shape index (κ2) is 8.41. The molecule has 2 rings (SSSR count). The van der Waals surface area contributed by atoms with E-state index in [9.17, 15) is 18.8 Å². The number of halogens is 1. The maximum absolute atomic E-state index is 13.0. The molecule has 23 heavy (non-hydrogen) atoms. The maximum Gasteiger partial charge on any atom is 0.325 e. The summed E-state index contributed by atoms with van der Waals surface area (Å²) in [4.78, 5) is 35.2. The Morgan fingerprint density at radius 1 is 1.17 bits per heavy atom. The van der Waals surface area contributed by atoms with Crippen LogP contribution >= 0.6 is 0 Å². The van der Waals surface area contributed by atoms with Crippen LogP contribution in [0.25, 0.3) is 0 Å². The van der Waals surface area contributed by atoms with E-state index in [1.807, 2.05) is 0 Å². The Hall–Kier alpha value is -2.24. The van der Waals surface area contributed by atoms with Gasteiger partial charge in [-0.25, -0.2) is 4.39 Å². The minimum Gasteiger partial charge on any atom is -0.456 e. The molecule has 0 unspecified atom stereocenters. The number of carbonyl (C=O) groups is 3. The van der Waals surface area contributed by atoms with Gasteiger partial charge in [-0.2, -0.15) is 0 Å². The molecule has 0 radical (unpaired) electrons. The lowest BCUT2D eigenvalue weighted by atomic mass is 9.89. The molecule has 5 nitrogen and oxygen atoms in total. The van der Waals surface area contributed by atoms with Crippen molar-refractivity contribution >= 4 is 17.7 Å². The molecule has 6 heteroatoms. The first-order valence-electron chi connectivity index (χ1n) is 7.78. The molecule has 0 atom stereocenters. The summed E-state index contributed by atoms with van der Waals surface area (Å²) in [6, 6.07) is 5.17. The molecule has 0 saturated heterocycles. The molecule has 1 aliphatic rings. The van der Waals surface area contributed by atoms with Crippen LogP contribution in [0.4, 0.5) is 4.39 Å². The zero-order chi connectivity index (χ0) is 16.7. The molecule has 1 aliphatic carbocycles. The van der Waals surface area contributed by atoms with Crippen molar-refractivity contribution in [3.05, 3.63) is 35.6 Å². The largest absolute Gasteiger partial charge is 0.456 e. The number of benzene rings is 1. The Bertz CT molecular complexity index is 582. The molecule has 124 valence electrons. The smallest absolute Gasteiger partial charge is 0.325 e. The Kier molecular flexibility index (Phi) is 6.26. The molecule has 1 N–H and O–H groups in total. The molecule has 0 heterocycles. The monoisotopic (exact) mass is 321 g/mol. The Morgan fingerprint density at radius 3 is 2.61 bits per heavy atom. The van der Waals surface area contributed by atoms with Gasteiger partial charge in [0.1, 0.15) is 12.4 Å². The van der Waals surface area contributed by atoms with Crippen LogP contribution in [0, 0.1) is 11.7 Å². The van der Waals surface area contributed by atoms with Crippen LogP contribution in [0.5, 0.6) is 0 Å². The second-order valence-electron chi connectivity index (χ2n) is 5.65. The van der Waals surface area contributed by atoms with E-state index in [0.29, 0.717) is 0 Å². The van der Waals surface area contributed by atoms with E-state index in [2.05, 4.69) is 5.32 Å². The lowest BCUT2D eigenvalue weighted by Crippen LogP contribution is -2.36. The van der Waals surface area contributed by atoms with E-state index >= 15 is 0 Å². The van der Waals surface area contributed by atoms with E-state index < -0.39 is 24.2 Å². The van der Waals surface area contributed by atoms with E-state index in [1.165, 1.54) is 18.2 Å². The minimum absolute atomic E-state index is 0.0366. The van der Waals surface area contributed by atoms with E-state index in [1.54, 1.807) is 0 Å². The van der Waals surface area contributed by atoms with Crippen molar-refractivity contribution in [1.82, 2.24) is 5.32 Å². The highest BCUT2D eigenvalue weighted by molar-refractivity contribution is 5.98. The topological polar surface area (TPSA) is 72.5 Å². The van der Waals surface area contributed by atoms with E-state index in [-0.39, 0.29) is 23.9 Å². The first-order valence-corrected chi connectivity index (χ1v) is 7.78. The number of amides is 1. The number of hydrogen-bond acceptors (Lipinski definition) is 4. The van der Waals surface area contributed by atoms with Crippen LogP contribution < -0.4 is 5.32 Å². The van der Waals surface area contributed by atoms with Crippen LogP contribution in [0.1, 0.15) is 42.5 Å². The van der Waals surface area contributed by atoms with Crippen LogP contribution in [-0.2, 0) is 14.3 Å². The number of ketones is 1. The van der Waals surface area contributed by atoms with E-state index in [4.69, 9.17) is 4.74 Å². The van der Waals surface area contributed by atoms with Gasteiger partial charge in [0.25, 0.3) is 0 Å². The average Bonchev–Trinajstić information content (AvgIpc) is 2.58. The van der Waals surface area contributed by atoms with Gasteiger partial charge >= 0.3 is 5.97 Å². The van der Waals surface area contributed by atoms with Gasteiger partial charge in [-0.3, -0.25) is 14.4 Å². The normalized spacial score (nSPS) is 15.0. The SMILES string of the molecule is O=C(CNC(=O)C1CCCCC1)OCC(=O)c1cccc(F)c1. The summed E-state index contributed by atoms with van der Waals surface area (Å²) in [6.07, 6.45) is 4.90. The average molecular weight is 321 g/mol. The fourth-order valence-electron chi connectivity index (χ4n) is 2.61. The second-order valence-corrected chi connectivity index (χ2v) is 5.65. The van der Waals surface area contributed by atoms with Crippen LogP contribution in [0.2, 0.25) is 0 Å². The maximum atomic E-state index is 13.0. The Balaban J connectivity index is 1.70. The lowest BCUT2D eigenvalue weighted by molar-refractivity contribution is -0.143. The molecule has 0 bridgehead atoms. The van der Waals surface area contributed by atoms with Crippen LogP contribution in [0.15, 0.2) is 24.3 Å². The van der Waals surface area contributed by atoms with Gasteiger partial charge in [-0.05, 0) is 25.0 Å². The predicted octanol–water partition coefficient (Wildman–Crippen LogP) is 2.25. The molecule has 1 fully saturated rings. The predicted molar refractivity (Wildman–Crippen MR) is 81.3 cm³/mol. The number of hydrogen-bond donors (Lipinski definition) is 1. The molecule has 1 saturated carbocycles. The zero-order valence-electron chi connectivity index (χ0n) is 12.8. The number of rotatable bonds is 6. The van der Waals surface area contributed by atoms with Crippen molar-refractivity contribution in [2.45, 2.75) is 32.1 Å². The van der Waals surface area contributed by atoms with Crippen LogP contribution in [-0.4, -0.2) is 30.8 Å². The number of esters is 1. The molecule has 0 aliphatic heterocycles. The molecule has 1 aromatic rings. The highest BCUT2D eigenvalue weighted by Gasteiger charge is 2.21. The number of nitrogens with one attached hydrogen (secondary N) is 1. The van der Waals surface area contributed by atoms with Gasteiger partial charge < -0.3 is 10.1 Å². The summed E-state index contributed by atoms with van der Waals surface area (Å²) < 4.78 is 17.8. The van der Waals surface area contributed by atoms with Crippen molar-refractivity contribution in [3.8, 4) is 0 Å². The number of carbonyl (C=O) groups excluding carboxylic acids is 3. The van der Waals surface area contributed by atoms with Gasteiger partial charge in [0, 0.05) is 11.5 Å². The number of Topliss-reactive ketones (excluding diaryl/α,β-unsaturated/α-hetero) is 1. The van der Waals surface area contributed by atoms with Crippen molar-refractivity contribution in [2.24, 2.45) is 5.92 Å². The first kappa shape index (κ1) is 17.1. The summed E-state index contributed by atoms with van der Waals surface area (Å²) in [5, 5.41) is 2.54. The third kappa shape index (κ3) is 5.47. The summed E-state index contributed by atoms with van der Waals surface area (Å²) in [5.74, 6) is -1.87. The van der Waals surface area contributed by atoms with Crippen molar-refractivity contribution < 1.29 is 23.5 Å². The standard InChI is InChI=1S/C17H20FNO4/c18-14-8-4-7-13(9-14)15(20)11-23-16(21)10-19-17(22)12-5-2-1-3-6-12/h4,7-9,12H,1-3,5-6,10-11H2,(H,19,22). The molecule has 1 amide bonds. The van der Waals surface area contributed by atoms with Crippen molar-refractivity contribution in [2.75, 3.05) is 13.2 Å². The third-order valence-electron chi connectivity index (χ3n) is 3.89. The zero-order valence-corrected chi connectivity index (χ0v) is 12.8. The lowest BCUT2D eigenvalue weighted by Gasteiger charge is -2.20. The van der Waals surface area contributed by atoms with Gasteiger partial charge in [0.15, 0.2) is 12.4 Å². The quantitative estimate of drug-likeness (QED) is 0.644. The fourth-order valence-corrected chi connectivity index (χ4v) is 2.61. The number of ether oxygens (including phenoxy) is 1. The third-order valence-corrected chi connectivity index (χ3v) is 3.89. The van der Waals surface area contributed by atoms with Crippen molar-refractivity contribution in [3.63, 3.8) is 0 Å². The highest BCUT2D eigenvalue weighted by Crippen LogP contribution is 2.23. The van der Waals surface area contributed by atoms with Crippen LogP contribution in [0.3, 0.4) is 0 Å². The summed E-state index contributed by atoms with van der Waals surface area (Å²) in [5.41, 5.74) is 0.143. The Labute approximate surface area is 134 Å². The van der Waals surface area contributed by atoms with Gasteiger partial charge in [0.05, 0.1) is 0 Å². The molecular weight excluding hydrogens is 301 g/mol. The highest BCUT2D eigenvalue weighted by atomic mass is 19.1. The Morgan fingerprint density at radius 2 is 1.91 bits per heavy atom. The van der Waals surface area contributed by atoms with Crippen molar-refractivity contribution in [1.29, 1.82) is 0 Å². The summed E-state index contributed by atoms with van der Waals surface area (Å²) in [6.45, 7) is -0.729. The summed E-state index contributed by atoms with van der Waals surface area (Å²) >= 11 is 0. The molecular formula is C17H20FNO4. The molecule has 1 aromatic carbocycles. The minimum atomic E-state index is -0.682.